The Hall–Kier alpha value is -1.42. The van der Waals surface area contributed by atoms with E-state index in [9.17, 15) is 4.79 Å². The van der Waals surface area contributed by atoms with Crippen molar-refractivity contribution in [3.8, 4) is 0 Å². The fraction of sp³-hybridized carbons (Fsp3) is 0.571. The molecule has 0 saturated carbocycles. The van der Waals surface area contributed by atoms with Crippen LogP contribution in [0, 0.1) is 0 Å². The highest BCUT2D eigenvalue weighted by Crippen LogP contribution is 2.19. The average molecular weight is 247 g/mol. The van der Waals surface area contributed by atoms with Gasteiger partial charge in [0.2, 0.25) is 5.91 Å². The number of amides is 1. The summed E-state index contributed by atoms with van der Waals surface area (Å²) in [5.41, 5.74) is 6.81. The van der Waals surface area contributed by atoms with Crippen molar-refractivity contribution in [2.24, 2.45) is 5.73 Å². The number of hydrogen-bond acceptors (Lipinski definition) is 3. The number of nitrogens with zero attached hydrogens (tertiary/aromatic N) is 2. The van der Waals surface area contributed by atoms with Crippen LogP contribution in [0.15, 0.2) is 24.4 Å². The molecule has 1 saturated heterocycles. The molecule has 2 rings (SSSR count). The number of hydrogen-bond donors (Lipinski definition) is 1. The summed E-state index contributed by atoms with van der Waals surface area (Å²) in [5, 5.41) is 0. The summed E-state index contributed by atoms with van der Waals surface area (Å²) in [6.45, 7) is 2.81. The monoisotopic (exact) mass is 247 g/mol. The standard InChI is InChI=1S/C14H21N3O/c1-11(15)13-7-3-5-9-17(13)14(18)10-12-6-2-4-8-16-12/h2,4,6,8,11,13H,3,5,7,9-10,15H2,1H3. The highest BCUT2D eigenvalue weighted by atomic mass is 16.2. The van der Waals surface area contributed by atoms with Crippen LogP contribution in [0.3, 0.4) is 0 Å². The summed E-state index contributed by atoms with van der Waals surface area (Å²) in [5.74, 6) is 0.149. The Morgan fingerprint density at radius 2 is 2.39 bits per heavy atom. The topological polar surface area (TPSA) is 59.2 Å². The molecule has 0 radical (unpaired) electrons. The largest absolute Gasteiger partial charge is 0.338 e. The van der Waals surface area contributed by atoms with Crippen LogP contribution in [-0.4, -0.2) is 34.4 Å². The molecule has 0 spiro atoms. The van der Waals surface area contributed by atoms with E-state index in [-0.39, 0.29) is 18.0 Å². The van der Waals surface area contributed by atoms with Gasteiger partial charge in [-0.05, 0) is 38.3 Å². The van der Waals surface area contributed by atoms with Gasteiger partial charge in [0.15, 0.2) is 0 Å². The van der Waals surface area contributed by atoms with Gasteiger partial charge in [0.1, 0.15) is 0 Å². The Kier molecular flexibility index (Phi) is 4.31. The Morgan fingerprint density at radius 1 is 1.56 bits per heavy atom. The number of rotatable bonds is 3. The molecular weight excluding hydrogens is 226 g/mol. The fourth-order valence-corrected chi connectivity index (χ4v) is 2.57. The lowest BCUT2D eigenvalue weighted by molar-refractivity contribution is -0.134. The maximum atomic E-state index is 12.3. The van der Waals surface area contributed by atoms with Gasteiger partial charge in [0.25, 0.3) is 0 Å². The van der Waals surface area contributed by atoms with Crippen LogP contribution in [0.4, 0.5) is 0 Å². The second-order valence-electron chi connectivity index (χ2n) is 5.01. The van der Waals surface area contributed by atoms with Crippen molar-refractivity contribution < 1.29 is 4.79 Å². The van der Waals surface area contributed by atoms with Gasteiger partial charge >= 0.3 is 0 Å². The molecule has 4 nitrogen and oxygen atoms in total. The van der Waals surface area contributed by atoms with Gasteiger partial charge in [-0.2, -0.15) is 0 Å². The molecule has 2 heterocycles. The molecule has 4 heteroatoms. The molecule has 1 aromatic rings. The van der Waals surface area contributed by atoms with Crippen LogP contribution < -0.4 is 5.73 Å². The number of piperidine rings is 1. The number of pyridine rings is 1. The maximum Gasteiger partial charge on any atom is 0.228 e. The van der Waals surface area contributed by atoms with E-state index in [1.807, 2.05) is 30.0 Å². The van der Waals surface area contributed by atoms with Crippen molar-refractivity contribution in [1.82, 2.24) is 9.88 Å². The van der Waals surface area contributed by atoms with Gasteiger partial charge in [0.05, 0.1) is 6.42 Å². The first-order valence-electron chi connectivity index (χ1n) is 6.63. The highest BCUT2D eigenvalue weighted by molar-refractivity contribution is 5.78. The van der Waals surface area contributed by atoms with E-state index < -0.39 is 0 Å². The van der Waals surface area contributed by atoms with E-state index in [2.05, 4.69) is 4.98 Å². The van der Waals surface area contributed by atoms with Crippen molar-refractivity contribution in [2.45, 2.75) is 44.7 Å². The molecule has 98 valence electrons. The van der Waals surface area contributed by atoms with E-state index >= 15 is 0 Å². The third kappa shape index (κ3) is 3.07. The molecule has 0 aliphatic carbocycles. The summed E-state index contributed by atoms with van der Waals surface area (Å²) >= 11 is 0. The quantitative estimate of drug-likeness (QED) is 0.877. The van der Waals surface area contributed by atoms with E-state index in [1.165, 1.54) is 6.42 Å². The number of likely N-dealkylation sites (tertiary alicyclic amines) is 1. The van der Waals surface area contributed by atoms with Crippen molar-refractivity contribution in [3.63, 3.8) is 0 Å². The van der Waals surface area contributed by atoms with Crippen molar-refractivity contribution >= 4 is 5.91 Å². The van der Waals surface area contributed by atoms with Crippen LogP contribution in [0.2, 0.25) is 0 Å². The Morgan fingerprint density at radius 3 is 3.06 bits per heavy atom. The predicted octanol–water partition coefficient (Wildman–Crippen LogP) is 1.35. The molecule has 2 unspecified atom stereocenters. The summed E-state index contributed by atoms with van der Waals surface area (Å²) in [6, 6.07) is 5.89. The van der Waals surface area contributed by atoms with Crippen molar-refractivity contribution in [1.29, 1.82) is 0 Å². The zero-order valence-electron chi connectivity index (χ0n) is 10.9. The van der Waals surface area contributed by atoms with Crippen LogP contribution in [-0.2, 0) is 11.2 Å². The minimum Gasteiger partial charge on any atom is -0.338 e. The van der Waals surface area contributed by atoms with Gasteiger partial charge in [-0.25, -0.2) is 0 Å². The third-order valence-electron chi connectivity index (χ3n) is 3.53. The zero-order valence-corrected chi connectivity index (χ0v) is 10.9. The fourth-order valence-electron chi connectivity index (χ4n) is 2.57. The smallest absolute Gasteiger partial charge is 0.228 e. The summed E-state index contributed by atoms with van der Waals surface area (Å²) in [6.07, 6.45) is 5.37. The molecule has 0 bridgehead atoms. The van der Waals surface area contributed by atoms with Crippen LogP contribution in [0.5, 0.6) is 0 Å². The molecule has 18 heavy (non-hydrogen) atoms. The first kappa shape index (κ1) is 13.0. The molecule has 0 aromatic carbocycles. The normalized spacial score (nSPS) is 21.7. The molecule has 2 atom stereocenters. The Balaban J connectivity index is 2.02. The summed E-state index contributed by atoms with van der Waals surface area (Å²) in [4.78, 5) is 18.5. The van der Waals surface area contributed by atoms with E-state index in [0.717, 1.165) is 25.1 Å². The number of carbonyl (C=O) groups excluding carboxylic acids is 1. The van der Waals surface area contributed by atoms with Gasteiger partial charge < -0.3 is 10.6 Å². The molecule has 1 amide bonds. The molecule has 1 aliphatic rings. The SMILES string of the molecule is CC(N)C1CCCCN1C(=O)Cc1ccccn1. The lowest BCUT2D eigenvalue weighted by Gasteiger charge is -2.38. The van der Waals surface area contributed by atoms with Gasteiger partial charge in [-0.3, -0.25) is 9.78 Å². The first-order valence-corrected chi connectivity index (χ1v) is 6.63. The highest BCUT2D eigenvalue weighted by Gasteiger charge is 2.29. The zero-order chi connectivity index (χ0) is 13.0. The lowest BCUT2D eigenvalue weighted by atomic mass is 9.96. The lowest BCUT2D eigenvalue weighted by Crippen LogP contribution is -2.52. The number of aromatic nitrogens is 1. The molecule has 1 aliphatic heterocycles. The minimum absolute atomic E-state index is 0.0398. The second kappa shape index (κ2) is 5.96. The summed E-state index contributed by atoms with van der Waals surface area (Å²) in [7, 11) is 0. The van der Waals surface area contributed by atoms with Crippen LogP contribution in [0.1, 0.15) is 31.9 Å². The Bertz CT molecular complexity index is 391. The molecule has 1 aromatic heterocycles. The minimum atomic E-state index is 0.0398. The second-order valence-corrected chi connectivity index (χ2v) is 5.01. The van der Waals surface area contributed by atoms with E-state index in [1.54, 1.807) is 6.20 Å². The van der Waals surface area contributed by atoms with Gasteiger partial charge in [-0.1, -0.05) is 6.07 Å². The predicted molar refractivity (Wildman–Crippen MR) is 70.9 cm³/mol. The van der Waals surface area contributed by atoms with Crippen molar-refractivity contribution in [3.05, 3.63) is 30.1 Å². The van der Waals surface area contributed by atoms with Crippen molar-refractivity contribution in [2.75, 3.05) is 6.54 Å². The van der Waals surface area contributed by atoms with E-state index in [4.69, 9.17) is 5.73 Å². The average Bonchev–Trinajstić information content (AvgIpc) is 2.40. The van der Waals surface area contributed by atoms with Gasteiger partial charge in [0, 0.05) is 30.5 Å². The van der Waals surface area contributed by atoms with E-state index in [0.29, 0.717) is 6.42 Å². The maximum absolute atomic E-state index is 12.3. The van der Waals surface area contributed by atoms with Crippen LogP contribution >= 0.6 is 0 Å². The molecule has 1 fully saturated rings. The van der Waals surface area contributed by atoms with Crippen LogP contribution in [0.25, 0.3) is 0 Å². The molecule has 2 N–H and O–H groups in total. The molecular formula is C14H21N3O. The third-order valence-corrected chi connectivity index (χ3v) is 3.53. The van der Waals surface area contributed by atoms with Gasteiger partial charge in [-0.15, -0.1) is 0 Å². The number of nitrogens with two attached hydrogens (primary N) is 1. The summed E-state index contributed by atoms with van der Waals surface area (Å²) < 4.78 is 0. The first-order chi connectivity index (χ1) is 8.68. The number of carbonyl (C=O) groups is 1. The Labute approximate surface area is 108 Å².